The summed E-state index contributed by atoms with van der Waals surface area (Å²) in [6.07, 6.45) is -0.995. The lowest BCUT2D eigenvalue weighted by molar-refractivity contribution is -0.000602. The van der Waals surface area contributed by atoms with E-state index >= 15 is 0 Å². The van der Waals surface area contributed by atoms with Gasteiger partial charge in [-0.1, -0.05) is 42.5 Å². The molecule has 0 N–H and O–H groups in total. The highest BCUT2D eigenvalue weighted by Crippen LogP contribution is 2.35. The maximum absolute atomic E-state index is 12.4. The molecule has 0 spiro atoms. The Morgan fingerprint density at radius 2 is 1.68 bits per heavy atom. The fraction of sp³-hybridized carbons (Fsp3) is 0.188. The Balaban J connectivity index is 2.05. The fourth-order valence-electron chi connectivity index (χ4n) is 2.38. The minimum absolute atomic E-state index is 0.0294. The molecule has 3 nitrogen and oxygen atoms in total. The zero-order chi connectivity index (χ0) is 13.2. The van der Waals surface area contributed by atoms with Crippen molar-refractivity contribution in [2.45, 2.75) is 12.2 Å². The number of ketones is 1. The first-order chi connectivity index (χ1) is 9.31. The van der Waals surface area contributed by atoms with E-state index in [4.69, 9.17) is 9.47 Å². The third kappa shape index (κ3) is 2.02. The molecular weight excluding hydrogens is 240 g/mol. The van der Waals surface area contributed by atoms with E-state index in [0.29, 0.717) is 11.3 Å². The van der Waals surface area contributed by atoms with Gasteiger partial charge in [0.2, 0.25) is 0 Å². The molecule has 96 valence electrons. The van der Waals surface area contributed by atoms with Crippen molar-refractivity contribution >= 4 is 5.78 Å². The van der Waals surface area contributed by atoms with Gasteiger partial charge in [0.15, 0.2) is 18.0 Å². The van der Waals surface area contributed by atoms with Crippen LogP contribution in [0.4, 0.5) is 0 Å². The molecule has 0 saturated carbocycles. The number of hydrogen-bond donors (Lipinski definition) is 0. The smallest absolute Gasteiger partial charge is 0.199 e. The minimum Gasteiger partial charge on any atom is -0.482 e. The van der Waals surface area contributed by atoms with Crippen LogP contribution in [0.3, 0.4) is 0 Å². The molecule has 3 heteroatoms. The first-order valence-corrected chi connectivity index (χ1v) is 6.19. The van der Waals surface area contributed by atoms with E-state index in [1.165, 1.54) is 7.11 Å². The summed E-state index contributed by atoms with van der Waals surface area (Å²) < 4.78 is 11.3. The number of carbonyl (C=O) groups is 1. The molecule has 1 aliphatic heterocycles. The second-order valence-electron chi connectivity index (χ2n) is 4.47. The largest absolute Gasteiger partial charge is 0.482 e. The van der Waals surface area contributed by atoms with Crippen LogP contribution in [0.2, 0.25) is 0 Å². The molecule has 0 amide bonds. The fourth-order valence-corrected chi connectivity index (χ4v) is 2.38. The van der Waals surface area contributed by atoms with Crippen LogP contribution in [0, 0.1) is 0 Å². The van der Waals surface area contributed by atoms with Gasteiger partial charge in [0.05, 0.1) is 5.56 Å². The van der Waals surface area contributed by atoms with E-state index in [1.807, 2.05) is 48.5 Å². The monoisotopic (exact) mass is 254 g/mol. The normalized spacial score (nSPS) is 21.6. The Labute approximate surface area is 111 Å². The van der Waals surface area contributed by atoms with E-state index in [-0.39, 0.29) is 5.78 Å². The van der Waals surface area contributed by atoms with Gasteiger partial charge in [-0.25, -0.2) is 0 Å². The van der Waals surface area contributed by atoms with Crippen LogP contribution in [0.5, 0.6) is 5.75 Å². The van der Waals surface area contributed by atoms with Crippen molar-refractivity contribution in [1.29, 1.82) is 0 Å². The summed E-state index contributed by atoms with van der Waals surface area (Å²) in [5.74, 6) is 0.591. The third-order valence-corrected chi connectivity index (χ3v) is 3.32. The van der Waals surface area contributed by atoms with Gasteiger partial charge in [-0.05, 0) is 17.7 Å². The maximum Gasteiger partial charge on any atom is 0.199 e. The number of methoxy groups -OCH3 is 1. The number of hydrogen-bond acceptors (Lipinski definition) is 3. The van der Waals surface area contributed by atoms with Crippen molar-refractivity contribution in [3.8, 4) is 5.75 Å². The average Bonchev–Trinajstić information content (AvgIpc) is 2.48. The number of Topliss-reactive ketones (excluding diaryl/α,β-unsaturated/α-hetero) is 1. The molecule has 0 aliphatic carbocycles. The number of fused-ring (bicyclic) bond motifs is 1. The van der Waals surface area contributed by atoms with Crippen LogP contribution in [0.25, 0.3) is 0 Å². The Kier molecular flexibility index (Phi) is 3.05. The van der Waals surface area contributed by atoms with Crippen molar-refractivity contribution < 1.29 is 14.3 Å². The SMILES string of the molecule is COC1C(=O)c2ccccc2OC1c1ccccc1. The summed E-state index contributed by atoms with van der Waals surface area (Å²) in [5.41, 5.74) is 1.53. The van der Waals surface area contributed by atoms with Gasteiger partial charge in [-0.2, -0.15) is 0 Å². The van der Waals surface area contributed by atoms with Crippen molar-refractivity contribution in [2.75, 3.05) is 7.11 Å². The number of para-hydroxylation sites is 1. The molecule has 1 aliphatic rings. The van der Waals surface area contributed by atoms with Gasteiger partial charge >= 0.3 is 0 Å². The molecule has 0 fully saturated rings. The summed E-state index contributed by atoms with van der Waals surface area (Å²) in [4.78, 5) is 12.4. The van der Waals surface area contributed by atoms with Crippen molar-refractivity contribution in [1.82, 2.24) is 0 Å². The van der Waals surface area contributed by atoms with Gasteiger partial charge < -0.3 is 9.47 Å². The first-order valence-electron chi connectivity index (χ1n) is 6.19. The molecule has 3 rings (SSSR count). The van der Waals surface area contributed by atoms with Gasteiger partial charge in [0, 0.05) is 7.11 Å². The van der Waals surface area contributed by atoms with Crippen LogP contribution in [-0.4, -0.2) is 19.0 Å². The lowest BCUT2D eigenvalue weighted by Crippen LogP contribution is -2.37. The van der Waals surface area contributed by atoms with Crippen molar-refractivity contribution in [3.63, 3.8) is 0 Å². The van der Waals surface area contributed by atoms with E-state index in [1.54, 1.807) is 6.07 Å². The second kappa shape index (κ2) is 4.86. The minimum atomic E-state index is -0.600. The number of carbonyl (C=O) groups excluding carboxylic acids is 1. The average molecular weight is 254 g/mol. The van der Waals surface area contributed by atoms with E-state index in [9.17, 15) is 4.79 Å². The van der Waals surface area contributed by atoms with Crippen LogP contribution in [-0.2, 0) is 4.74 Å². The summed E-state index contributed by atoms with van der Waals surface area (Å²) in [6, 6.07) is 16.9. The van der Waals surface area contributed by atoms with Gasteiger partial charge in [-0.3, -0.25) is 4.79 Å². The Hall–Kier alpha value is -2.13. The van der Waals surface area contributed by atoms with Gasteiger partial charge in [-0.15, -0.1) is 0 Å². The molecule has 19 heavy (non-hydrogen) atoms. The number of benzene rings is 2. The lowest BCUT2D eigenvalue weighted by Gasteiger charge is -2.31. The molecule has 0 bridgehead atoms. The molecule has 1 heterocycles. The Morgan fingerprint density at radius 1 is 1.00 bits per heavy atom. The van der Waals surface area contributed by atoms with Gasteiger partial charge in [0.1, 0.15) is 5.75 Å². The maximum atomic E-state index is 12.4. The quantitative estimate of drug-likeness (QED) is 0.826. The van der Waals surface area contributed by atoms with Crippen LogP contribution in [0.15, 0.2) is 54.6 Å². The highest BCUT2D eigenvalue weighted by molar-refractivity contribution is 6.03. The summed E-state index contributed by atoms with van der Waals surface area (Å²) >= 11 is 0. The van der Waals surface area contributed by atoms with E-state index < -0.39 is 12.2 Å². The molecule has 0 saturated heterocycles. The lowest BCUT2D eigenvalue weighted by atomic mass is 9.93. The molecular formula is C16H14O3. The van der Waals surface area contributed by atoms with Gasteiger partial charge in [0.25, 0.3) is 0 Å². The topological polar surface area (TPSA) is 35.5 Å². The first kappa shape index (κ1) is 11.9. The summed E-state index contributed by atoms with van der Waals surface area (Å²) in [7, 11) is 1.54. The molecule has 2 unspecified atom stereocenters. The predicted octanol–water partition coefficient (Wildman–Crippen LogP) is 3.02. The molecule has 0 aromatic heterocycles. The predicted molar refractivity (Wildman–Crippen MR) is 71.4 cm³/mol. The Bertz CT molecular complexity index is 592. The summed E-state index contributed by atoms with van der Waals surface area (Å²) in [6.45, 7) is 0. The standard InChI is InChI=1S/C16H14O3/c1-18-16-14(17)12-9-5-6-10-13(12)19-15(16)11-7-3-2-4-8-11/h2-10,15-16H,1H3. The highest BCUT2D eigenvalue weighted by atomic mass is 16.5. The third-order valence-electron chi connectivity index (χ3n) is 3.32. The van der Waals surface area contributed by atoms with Crippen LogP contribution in [0.1, 0.15) is 22.0 Å². The van der Waals surface area contributed by atoms with Crippen LogP contribution < -0.4 is 4.74 Å². The number of rotatable bonds is 2. The Morgan fingerprint density at radius 3 is 2.42 bits per heavy atom. The highest BCUT2D eigenvalue weighted by Gasteiger charge is 2.38. The molecule has 2 aromatic carbocycles. The second-order valence-corrected chi connectivity index (χ2v) is 4.47. The van der Waals surface area contributed by atoms with E-state index in [0.717, 1.165) is 5.56 Å². The van der Waals surface area contributed by atoms with Crippen molar-refractivity contribution in [3.05, 3.63) is 65.7 Å². The van der Waals surface area contributed by atoms with Crippen molar-refractivity contribution in [2.24, 2.45) is 0 Å². The van der Waals surface area contributed by atoms with E-state index in [2.05, 4.69) is 0 Å². The van der Waals surface area contributed by atoms with Crippen LogP contribution >= 0.6 is 0 Å². The molecule has 2 aromatic rings. The zero-order valence-corrected chi connectivity index (χ0v) is 10.6. The summed E-state index contributed by atoms with van der Waals surface area (Å²) in [5, 5.41) is 0. The molecule has 2 atom stereocenters. The zero-order valence-electron chi connectivity index (χ0n) is 10.6. The number of ether oxygens (including phenoxy) is 2. The molecule has 0 radical (unpaired) electrons.